The molecule has 0 unspecified atom stereocenters. The predicted molar refractivity (Wildman–Crippen MR) is 127 cm³/mol. The smallest absolute Gasteiger partial charge is 0.290 e. The molecule has 4 rings (SSSR count). The summed E-state index contributed by atoms with van der Waals surface area (Å²) in [6.07, 6.45) is 0. The number of benzene rings is 2. The molecule has 0 saturated carbocycles. The highest BCUT2D eigenvalue weighted by atomic mass is 16.5. The van der Waals surface area contributed by atoms with Gasteiger partial charge in [-0.1, -0.05) is 32.0 Å². The number of likely N-dealkylation sites (N-methyl/N-ethyl adjacent to an activating group) is 1. The average Bonchev–Trinajstić information content (AvgIpc) is 3.12. The Kier molecular flexibility index (Phi) is 6.70. The molecule has 7 nitrogen and oxygen atoms in total. The van der Waals surface area contributed by atoms with Crippen molar-refractivity contribution < 1.29 is 18.7 Å². The van der Waals surface area contributed by atoms with E-state index in [4.69, 9.17) is 13.9 Å². The number of hydrogen-bond acceptors (Lipinski definition) is 6. The second-order valence-corrected chi connectivity index (χ2v) is 7.94. The molecule has 174 valence electrons. The summed E-state index contributed by atoms with van der Waals surface area (Å²) in [5.41, 5.74) is 1.40. The summed E-state index contributed by atoms with van der Waals surface area (Å²) in [6, 6.07) is 12.0. The van der Waals surface area contributed by atoms with E-state index in [1.807, 2.05) is 25.1 Å². The van der Waals surface area contributed by atoms with Gasteiger partial charge < -0.3 is 23.7 Å². The maximum atomic E-state index is 13.6. The maximum Gasteiger partial charge on any atom is 0.290 e. The van der Waals surface area contributed by atoms with Gasteiger partial charge in [-0.15, -0.1) is 0 Å². The van der Waals surface area contributed by atoms with Crippen molar-refractivity contribution in [3.8, 4) is 11.5 Å². The Labute approximate surface area is 193 Å². The molecule has 0 aliphatic carbocycles. The first kappa shape index (κ1) is 22.9. The summed E-state index contributed by atoms with van der Waals surface area (Å²) in [5.74, 6) is 1.03. The van der Waals surface area contributed by atoms with Gasteiger partial charge in [-0.05, 0) is 49.8 Å². The summed E-state index contributed by atoms with van der Waals surface area (Å²) in [4.78, 5) is 31.1. The average molecular weight is 451 g/mol. The first-order valence-corrected chi connectivity index (χ1v) is 11.4. The van der Waals surface area contributed by atoms with E-state index < -0.39 is 6.04 Å². The van der Waals surface area contributed by atoms with E-state index >= 15 is 0 Å². The number of carbonyl (C=O) groups excluding carboxylic acids is 1. The standard InChI is InChI=1S/C26H30N2O5/c1-5-27(6-2)14-15-28-23(17-12-13-20(32-7-3)21(16-17)31-4)22-24(29)18-10-8-9-11-19(18)33-25(22)26(28)30/h8-13,16,23H,5-7,14-15H2,1-4H3/t23-/m0/s1. The predicted octanol–water partition coefficient (Wildman–Crippen LogP) is 4.09. The third-order valence-electron chi connectivity index (χ3n) is 6.23. The first-order valence-electron chi connectivity index (χ1n) is 11.4. The minimum absolute atomic E-state index is 0.121. The summed E-state index contributed by atoms with van der Waals surface area (Å²) < 4.78 is 17.2. The Balaban J connectivity index is 1.87. The maximum absolute atomic E-state index is 13.6. The van der Waals surface area contributed by atoms with Crippen LogP contribution >= 0.6 is 0 Å². The molecule has 1 amide bonds. The van der Waals surface area contributed by atoms with Gasteiger partial charge in [0.15, 0.2) is 16.9 Å². The Morgan fingerprint density at radius 1 is 1.03 bits per heavy atom. The third-order valence-corrected chi connectivity index (χ3v) is 6.23. The fraction of sp³-hybridized carbons (Fsp3) is 0.385. The van der Waals surface area contributed by atoms with E-state index in [0.717, 1.165) is 18.7 Å². The molecule has 7 heteroatoms. The molecule has 1 atom stereocenters. The van der Waals surface area contributed by atoms with Crippen LogP contribution < -0.4 is 14.9 Å². The topological polar surface area (TPSA) is 72.2 Å². The highest BCUT2D eigenvalue weighted by Crippen LogP contribution is 2.40. The van der Waals surface area contributed by atoms with Crippen molar-refractivity contribution >= 4 is 16.9 Å². The van der Waals surface area contributed by atoms with Crippen LogP contribution in [0.5, 0.6) is 11.5 Å². The number of fused-ring (bicyclic) bond motifs is 2. The van der Waals surface area contributed by atoms with Crippen molar-refractivity contribution in [2.75, 3.05) is 39.9 Å². The SMILES string of the molecule is CCOc1ccc([C@H]2c3c(oc4ccccc4c3=O)C(=O)N2CCN(CC)CC)cc1OC. The van der Waals surface area contributed by atoms with Crippen LogP contribution in [-0.2, 0) is 0 Å². The lowest BCUT2D eigenvalue weighted by Crippen LogP contribution is -2.37. The van der Waals surface area contributed by atoms with Gasteiger partial charge in [0, 0.05) is 13.1 Å². The van der Waals surface area contributed by atoms with Gasteiger partial charge in [0.1, 0.15) is 5.58 Å². The molecule has 2 heterocycles. The monoisotopic (exact) mass is 450 g/mol. The van der Waals surface area contributed by atoms with Crippen LogP contribution in [0.3, 0.4) is 0 Å². The third kappa shape index (κ3) is 4.09. The number of ether oxygens (including phenoxy) is 2. The van der Waals surface area contributed by atoms with Crippen molar-refractivity contribution in [1.82, 2.24) is 9.80 Å². The lowest BCUT2D eigenvalue weighted by atomic mass is 9.98. The molecule has 1 aromatic heterocycles. The fourth-order valence-electron chi connectivity index (χ4n) is 4.46. The van der Waals surface area contributed by atoms with Crippen LogP contribution in [0.25, 0.3) is 11.0 Å². The van der Waals surface area contributed by atoms with Crippen LogP contribution in [0, 0.1) is 0 Å². The lowest BCUT2D eigenvalue weighted by Gasteiger charge is -2.28. The highest BCUT2D eigenvalue weighted by molar-refractivity contribution is 5.99. The zero-order chi connectivity index (χ0) is 23.5. The number of amides is 1. The molecule has 0 spiro atoms. The van der Waals surface area contributed by atoms with E-state index in [9.17, 15) is 9.59 Å². The van der Waals surface area contributed by atoms with Gasteiger partial charge in [-0.25, -0.2) is 0 Å². The summed E-state index contributed by atoms with van der Waals surface area (Å²) in [7, 11) is 1.58. The molecular formula is C26H30N2O5. The van der Waals surface area contributed by atoms with Crippen molar-refractivity contribution in [2.45, 2.75) is 26.8 Å². The van der Waals surface area contributed by atoms with Crippen molar-refractivity contribution in [2.24, 2.45) is 0 Å². The molecule has 33 heavy (non-hydrogen) atoms. The van der Waals surface area contributed by atoms with Gasteiger partial charge in [0.2, 0.25) is 5.76 Å². The van der Waals surface area contributed by atoms with E-state index in [1.54, 1.807) is 36.3 Å². The van der Waals surface area contributed by atoms with Gasteiger partial charge in [0.25, 0.3) is 5.91 Å². The van der Waals surface area contributed by atoms with Crippen LogP contribution in [0.15, 0.2) is 51.7 Å². The van der Waals surface area contributed by atoms with Gasteiger partial charge in [-0.3, -0.25) is 9.59 Å². The molecule has 0 N–H and O–H groups in total. The Hall–Kier alpha value is -3.32. The quantitative estimate of drug-likeness (QED) is 0.489. The molecule has 1 aliphatic rings. The zero-order valence-electron chi connectivity index (χ0n) is 19.6. The molecular weight excluding hydrogens is 420 g/mol. The normalized spacial score (nSPS) is 15.4. The lowest BCUT2D eigenvalue weighted by molar-refractivity contribution is 0.0708. The van der Waals surface area contributed by atoms with Crippen LogP contribution in [0.2, 0.25) is 0 Å². The van der Waals surface area contributed by atoms with Crippen LogP contribution in [-0.4, -0.2) is 55.6 Å². The van der Waals surface area contributed by atoms with E-state index in [-0.39, 0.29) is 17.1 Å². The van der Waals surface area contributed by atoms with Crippen molar-refractivity contribution in [3.63, 3.8) is 0 Å². The Bertz CT molecular complexity index is 1220. The van der Waals surface area contributed by atoms with Crippen molar-refractivity contribution in [3.05, 3.63) is 69.6 Å². The summed E-state index contributed by atoms with van der Waals surface area (Å²) in [6.45, 7) is 9.54. The fourth-order valence-corrected chi connectivity index (χ4v) is 4.46. The Morgan fingerprint density at radius 2 is 1.79 bits per heavy atom. The molecule has 3 aromatic rings. The number of carbonyl (C=O) groups is 1. The number of rotatable bonds is 9. The second kappa shape index (κ2) is 9.67. The number of methoxy groups -OCH3 is 1. The molecule has 0 saturated heterocycles. The Morgan fingerprint density at radius 3 is 2.48 bits per heavy atom. The van der Waals surface area contributed by atoms with Crippen molar-refractivity contribution in [1.29, 1.82) is 0 Å². The zero-order valence-corrected chi connectivity index (χ0v) is 19.6. The number of para-hydroxylation sites is 1. The van der Waals surface area contributed by atoms with Crippen LogP contribution in [0.1, 0.15) is 48.5 Å². The minimum atomic E-state index is -0.562. The first-order chi connectivity index (χ1) is 16.0. The van der Waals surface area contributed by atoms with E-state index in [2.05, 4.69) is 18.7 Å². The van der Waals surface area contributed by atoms with Gasteiger partial charge in [-0.2, -0.15) is 0 Å². The van der Waals surface area contributed by atoms with E-state index in [1.165, 1.54) is 0 Å². The molecule has 0 radical (unpaired) electrons. The van der Waals surface area contributed by atoms with Gasteiger partial charge >= 0.3 is 0 Å². The van der Waals surface area contributed by atoms with Gasteiger partial charge in [0.05, 0.1) is 30.7 Å². The highest BCUT2D eigenvalue weighted by Gasteiger charge is 2.42. The summed E-state index contributed by atoms with van der Waals surface area (Å²) in [5, 5.41) is 0.470. The van der Waals surface area contributed by atoms with Crippen LogP contribution in [0.4, 0.5) is 0 Å². The summed E-state index contributed by atoms with van der Waals surface area (Å²) >= 11 is 0. The number of hydrogen-bond donors (Lipinski definition) is 0. The van der Waals surface area contributed by atoms with E-state index in [0.29, 0.717) is 47.7 Å². The second-order valence-electron chi connectivity index (χ2n) is 7.94. The molecule has 0 bridgehead atoms. The number of nitrogens with zero attached hydrogens (tertiary/aromatic N) is 2. The molecule has 2 aromatic carbocycles. The molecule has 1 aliphatic heterocycles. The minimum Gasteiger partial charge on any atom is -0.493 e. The largest absolute Gasteiger partial charge is 0.493 e. The molecule has 0 fully saturated rings.